The zero-order valence-electron chi connectivity index (χ0n) is 19.0. The highest BCUT2D eigenvalue weighted by molar-refractivity contribution is 7.92. The zero-order valence-corrected chi connectivity index (χ0v) is 19.8. The first-order valence-corrected chi connectivity index (χ1v) is 12.5. The zero-order chi connectivity index (χ0) is 24.0. The number of fused-ring (bicyclic) bond motifs is 1. The van der Waals surface area contributed by atoms with Gasteiger partial charge in [0, 0.05) is 19.2 Å². The predicted octanol–water partition coefficient (Wildman–Crippen LogP) is 1.78. The van der Waals surface area contributed by atoms with E-state index in [9.17, 15) is 18.0 Å². The van der Waals surface area contributed by atoms with Gasteiger partial charge >= 0.3 is 0 Å². The molecule has 2 aromatic carbocycles. The van der Waals surface area contributed by atoms with Crippen molar-refractivity contribution in [3.63, 3.8) is 0 Å². The van der Waals surface area contributed by atoms with Gasteiger partial charge in [0.15, 0.2) is 11.5 Å². The van der Waals surface area contributed by atoms with E-state index in [0.29, 0.717) is 31.3 Å². The molecular weight excluding hydrogens is 446 g/mol. The minimum Gasteiger partial charge on any atom is -0.486 e. The molecule has 1 aliphatic heterocycles. The van der Waals surface area contributed by atoms with Gasteiger partial charge in [0.1, 0.15) is 25.8 Å². The van der Waals surface area contributed by atoms with Crippen LogP contribution in [0.15, 0.2) is 48.5 Å². The van der Waals surface area contributed by atoms with E-state index in [0.717, 1.165) is 16.1 Å². The van der Waals surface area contributed by atoms with E-state index in [1.54, 1.807) is 26.0 Å². The quantitative estimate of drug-likeness (QED) is 0.593. The SMILES string of the molecule is CCNC(=O)C(C)N(Cc1ccccc1)C(=O)CN(c1ccc2c(c1)OCCO2)S(C)(=O)=O. The Morgan fingerprint density at radius 2 is 1.73 bits per heavy atom. The van der Waals surface area contributed by atoms with Crippen LogP contribution in [0.25, 0.3) is 0 Å². The predicted molar refractivity (Wildman–Crippen MR) is 125 cm³/mol. The van der Waals surface area contributed by atoms with Crippen LogP contribution < -0.4 is 19.1 Å². The highest BCUT2D eigenvalue weighted by Crippen LogP contribution is 2.34. The minimum atomic E-state index is -3.81. The van der Waals surface area contributed by atoms with Gasteiger partial charge in [-0.15, -0.1) is 0 Å². The lowest BCUT2D eigenvalue weighted by Crippen LogP contribution is -2.51. The molecular formula is C23H29N3O6S. The van der Waals surface area contributed by atoms with Gasteiger partial charge in [0.25, 0.3) is 0 Å². The van der Waals surface area contributed by atoms with Gasteiger partial charge in [0.05, 0.1) is 11.9 Å². The van der Waals surface area contributed by atoms with E-state index >= 15 is 0 Å². The van der Waals surface area contributed by atoms with Crippen LogP contribution in [0.5, 0.6) is 11.5 Å². The molecule has 1 atom stereocenters. The maximum Gasteiger partial charge on any atom is 0.244 e. The Labute approximate surface area is 194 Å². The van der Waals surface area contributed by atoms with E-state index in [1.165, 1.54) is 11.0 Å². The average Bonchev–Trinajstić information content (AvgIpc) is 2.80. The first-order chi connectivity index (χ1) is 15.7. The van der Waals surface area contributed by atoms with E-state index in [2.05, 4.69) is 5.32 Å². The van der Waals surface area contributed by atoms with Crippen LogP contribution in [0.1, 0.15) is 19.4 Å². The van der Waals surface area contributed by atoms with Gasteiger partial charge in [-0.1, -0.05) is 30.3 Å². The Bertz CT molecular complexity index is 1090. The van der Waals surface area contributed by atoms with E-state index in [1.807, 2.05) is 30.3 Å². The van der Waals surface area contributed by atoms with Crippen molar-refractivity contribution in [2.24, 2.45) is 0 Å². The number of rotatable bonds is 9. The number of hydrogen-bond donors (Lipinski definition) is 1. The maximum atomic E-state index is 13.4. The fourth-order valence-electron chi connectivity index (χ4n) is 3.49. The average molecular weight is 476 g/mol. The lowest BCUT2D eigenvalue weighted by Gasteiger charge is -2.31. The molecule has 0 saturated heterocycles. The number of nitrogens with zero attached hydrogens (tertiary/aromatic N) is 2. The maximum absolute atomic E-state index is 13.4. The van der Waals surface area contributed by atoms with Gasteiger partial charge in [-0.2, -0.15) is 0 Å². The van der Waals surface area contributed by atoms with Crippen molar-refractivity contribution in [2.45, 2.75) is 26.4 Å². The fourth-order valence-corrected chi connectivity index (χ4v) is 4.33. The molecule has 1 aliphatic rings. The normalized spacial score (nSPS) is 13.7. The lowest BCUT2D eigenvalue weighted by atomic mass is 10.1. The number of hydrogen-bond acceptors (Lipinski definition) is 6. The molecule has 2 aromatic rings. The fraction of sp³-hybridized carbons (Fsp3) is 0.391. The van der Waals surface area contributed by atoms with Crippen LogP contribution in [0.4, 0.5) is 5.69 Å². The lowest BCUT2D eigenvalue weighted by molar-refractivity contribution is -0.139. The highest BCUT2D eigenvalue weighted by Gasteiger charge is 2.30. The van der Waals surface area contributed by atoms with E-state index in [4.69, 9.17) is 9.47 Å². The summed E-state index contributed by atoms with van der Waals surface area (Å²) in [5.41, 5.74) is 1.10. The molecule has 1 N–H and O–H groups in total. The molecule has 10 heteroatoms. The Kier molecular flexibility index (Phi) is 7.80. The second-order valence-corrected chi connectivity index (χ2v) is 9.58. The van der Waals surface area contributed by atoms with Gasteiger partial charge in [-0.3, -0.25) is 13.9 Å². The number of anilines is 1. The van der Waals surface area contributed by atoms with E-state index < -0.39 is 28.5 Å². The molecule has 0 saturated carbocycles. The van der Waals surface area contributed by atoms with Gasteiger partial charge in [-0.25, -0.2) is 8.42 Å². The Balaban J connectivity index is 1.90. The number of nitrogens with one attached hydrogen (secondary N) is 1. The molecule has 0 bridgehead atoms. The molecule has 3 rings (SSSR count). The molecule has 1 heterocycles. The molecule has 0 spiro atoms. The van der Waals surface area contributed by atoms with E-state index in [-0.39, 0.29) is 18.1 Å². The van der Waals surface area contributed by atoms with Crippen molar-refractivity contribution in [2.75, 3.05) is 36.9 Å². The molecule has 0 aliphatic carbocycles. The first kappa shape index (κ1) is 24.4. The molecule has 33 heavy (non-hydrogen) atoms. The Morgan fingerprint density at radius 3 is 2.36 bits per heavy atom. The number of carbonyl (C=O) groups is 2. The third kappa shape index (κ3) is 6.16. The highest BCUT2D eigenvalue weighted by atomic mass is 32.2. The van der Waals surface area contributed by atoms with Crippen molar-refractivity contribution in [1.29, 1.82) is 0 Å². The summed E-state index contributed by atoms with van der Waals surface area (Å²) in [4.78, 5) is 27.3. The minimum absolute atomic E-state index is 0.163. The Morgan fingerprint density at radius 1 is 1.06 bits per heavy atom. The number of ether oxygens (including phenoxy) is 2. The second-order valence-electron chi connectivity index (χ2n) is 7.68. The number of benzene rings is 2. The van der Waals surface area contributed by atoms with Gasteiger partial charge < -0.3 is 19.7 Å². The third-order valence-electron chi connectivity index (χ3n) is 5.21. The first-order valence-electron chi connectivity index (χ1n) is 10.7. The summed E-state index contributed by atoms with van der Waals surface area (Å²) in [7, 11) is -3.81. The molecule has 0 radical (unpaired) electrons. The van der Waals surface area contributed by atoms with Crippen molar-refractivity contribution in [3.05, 3.63) is 54.1 Å². The Hall–Kier alpha value is -3.27. The smallest absolute Gasteiger partial charge is 0.244 e. The summed E-state index contributed by atoms with van der Waals surface area (Å²) in [6.07, 6.45) is 1.03. The van der Waals surface area contributed by atoms with Crippen LogP contribution in [0.2, 0.25) is 0 Å². The molecule has 2 amide bonds. The van der Waals surface area contributed by atoms with Crippen LogP contribution in [-0.2, 0) is 26.2 Å². The van der Waals surface area contributed by atoms with Crippen molar-refractivity contribution in [1.82, 2.24) is 10.2 Å². The summed E-state index contributed by atoms with van der Waals surface area (Å²) in [6, 6.07) is 13.2. The van der Waals surface area contributed by atoms with Gasteiger partial charge in [0.2, 0.25) is 21.8 Å². The summed E-state index contributed by atoms with van der Waals surface area (Å²) < 4.78 is 37.3. The number of sulfonamides is 1. The largest absolute Gasteiger partial charge is 0.486 e. The van der Waals surface area contributed by atoms with Crippen LogP contribution >= 0.6 is 0 Å². The molecule has 1 unspecified atom stereocenters. The summed E-state index contributed by atoms with van der Waals surface area (Å²) in [5.74, 6) is 0.113. The number of likely N-dealkylation sites (N-methyl/N-ethyl adjacent to an activating group) is 1. The monoisotopic (exact) mass is 475 g/mol. The topological polar surface area (TPSA) is 105 Å². The standard InChI is InChI=1S/C23H29N3O6S/c1-4-24-23(28)17(2)25(15-18-8-6-5-7-9-18)22(27)16-26(33(3,29)30)19-10-11-20-21(14-19)32-13-12-31-20/h5-11,14,17H,4,12-13,15-16H2,1-3H3,(H,24,28). The number of amides is 2. The van der Waals surface area contributed by atoms with Crippen molar-refractivity contribution >= 4 is 27.5 Å². The van der Waals surface area contributed by atoms with Crippen molar-refractivity contribution in [3.8, 4) is 11.5 Å². The third-order valence-corrected chi connectivity index (χ3v) is 6.35. The summed E-state index contributed by atoms with van der Waals surface area (Å²) in [6.45, 7) is 4.30. The summed E-state index contributed by atoms with van der Waals surface area (Å²) >= 11 is 0. The molecule has 0 fully saturated rings. The summed E-state index contributed by atoms with van der Waals surface area (Å²) in [5, 5.41) is 2.72. The van der Waals surface area contributed by atoms with Crippen LogP contribution in [0, 0.1) is 0 Å². The second kappa shape index (κ2) is 10.6. The van der Waals surface area contributed by atoms with Crippen LogP contribution in [-0.4, -0.2) is 63.7 Å². The van der Waals surface area contributed by atoms with Crippen molar-refractivity contribution < 1.29 is 27.5 Å². The van der Waals surface area contributed by atoms with Crippen LogP contribution in [0.3, 0.4) is 0 Å². The van der Waals surface area contributed by atoms with Gasteiger partial charge in [-0.05, 0) is 31.5 Å². The molecule has 178 valence electrons. The molecule has 0 aromatic heterocycles. The number of carbonyl (C=O) groups excluding carboxylic acids is 2. The molecule has 9 nitrogen and oxygen atoms in total.